The minimum Gasteiger partial charge on any atom is -0.444 e. The van der Waals surface area contributed by atoms with Crippen molar-refractivity contribution in [3.05, 3.63) is 35.9 Å². The summed E-state index contributed by atoms with van der Waals surface area (Å²) in [6, 6.07) is 8.64. The molecule has 1 aromatic rings. The molecule has 2 saturated heterocycles. The van der Waals surface area contributed by atoms with Crippen LogP contribution in [0.3, 0.4) is 0 Å². The van der Waals surface area contributed by atoms with E-state index in [1.807, 2.05) is 0 Å². The Morgan fingerprint density at radius 1 is 1.00 bits per heavy atom. The van der Waals surface area contributed by atoms with E-state index in [-0.39, 0.29) is 11.5 Å². The quantitative estimate of drug-likeness (QED) is 0.548. The highest BCUT2D eigenvalue weighted by Gasteiger charge is 2.81. The molecule has 2 fully saturated rings. The lowest BCUT2D eigenvalue weighted by Gasteiger charge is -2.49. The van der Waals surface area contributed by atoms with Crippen molar-refractivity contribution >= 4 is 29.7 Å². The zero-order chi connectivity index (χ0) is 16.1. The van der Waals surface area contributed by atoms with Crippen molar-refractivity contribution in [3.8, 4) is 0 Å². The van der Waals surface area contributed by atoms with Gasteiger partial charge in [-0.1, -0.05) is 30.3 Å². The number of amides is 5. The summed E-state index contributed by atoms with van der Waals surface area (Å²) in [5.74, 6) is -4.13. The van der Waals surface area contributed by atoms with Gasteiger partial charge in [-0.15, -0.1) is 0 Å². The second-order valence-electron chi connectivity index (χ2n) is 4.91. The molecule has 5 amide bonds. The molecule has 8 heteroatoms. The normalized spacial score (nSPS) is 19.1. The topological polar surface area (TPSA) is 101 Å². The van der Waals surface area contributed by atoms with Gasteiger partial charge in [-0.3, -0.25) is 24.1 Å². The van der Waals surface area contributed by atoms with E-state index in [9.17, 15) is 24.0 Å². The highest BCUT2D eigenvalue weighted by molar-refractivity contribution is 6.55. The molecule has 0 radical (unpaired) electrons. The van der Waals surface area contributed by atoms with Gasteiger partial charge in [0.25, 0.3) is 29.0 Å². The molecule has 22 heavy (non-hydrogen) atoms. The Balaban J connectivity index is 1.69. The fourth-order valence-corrected chi connectivity index (χ4v) is 2.42. The fraction of sp³-hybridized carbons (Fsp3) is 0.214. The first-order valence-corrected chi connectivity index (χ1v) is 6.34. The third-order valence-electron chi connectivity index (χ3n) is 3.69. The zero-order valence-corrected chi connectivity index (χ0v) is 11.4. The van der Waals surface area contributed by atoms with Gasteiger partial charge < -0.3 is 4.74 Å². The van der Waals surface area contributed by atoms with Gasteiger partial charge in [-0.2, -0.15) is 4.90 Å². The van der Waals surface area contributed by atoms with Crippen molar-refractivity contribution in [2.75, 3.05) is 7.05 Å². The maximum Gasteiger partial charge on any atom is 0.423 e. The Kier molecular flexibility index (Phi) is 2.84. The minimum atomic E-state index is -2.35. The molecule has 2 aliphatic rings. The second kappa shape index (κ2) is 4.48. The average molecular weight is 302 g/mol. The molecule has 0 bridgehead atoms. The second-order valence-corrected chi connectivity index (χ2v) is 4.91. The number of ether oxygens (including phenoxy) is 1. The van der Waals surface area contributed by atoms with Crippen LogP contribution >= 0.6 is 0 Å². The molecule has 0 aliphatic carbocycles. The van der Waals surface area contributed by atoms with E-state index in [0.29, 0.717) is 10.5 Å². The monoisotopic (exact) mass is 302 g/mol. The molecule has 0 saturated carbocycles. The highest BCUT2D eigenvalue weighted by Crippen LogP contribution is 2.44. The summed E-state index contributed by atoms with van der Waals surface area (Å²) in [6.45, 7) is -0.133. The number of likely N-dealkylation sites (tertiary alicyclic amines) is 2. The number of carbonyl (C=O) groups excluding carboxylic acids is 5. The van der Waals surface area contributed by atoms with Crippen molar-refractivity contribution in [1.29, 1.82) is 0 Å². The van der Waals surface area contributed by atoms with Crippen LogP contribution in [0.2, 0.25) is 0 Å². The van der Waals surface area contributed by atoms with Gasteiger partial charge in [0, 0.05) is 7.05 Å². The largest absolute Gasteiger partial charge is 0.444 e. The number of imide groups is 4. The van der Waals surface area contributed by atoms with E-state index >= 15 is 0 Å². The summed E-state index contributed by atoms with van der Waals surface area (Å²) in [5.41, 5.74) is -1.68. The van der Waals surface area contributed by atoms with Crippen LogP contribution in [0.25, 0.3) is 0 Å². The van der Waals surface area contributed by atoms with Crippen LogP contribution in [0.5, 0.6) is 0 Å². The van der Waals surface area contributed by atoms with Crippen LogP contribution in [-0.2, 0) is 30.5 Å². The number of hydrogen-bond donors (Lipinski definition) is 0. The predicted molar refractivity (Wildman–Crippen MR) is 68.7 cm³/mol. The summed E-state index contributed by atoms with van der Waals surface area (Å²) in [5, 5.41) is 0. The lowest BCUT2D eigenvalue weighted by atomic mass is 9.69. The molecule has 112 valence electrons. The summed E-state index contributed by atoms with van der Waals surface area (Å²) >= 11 is 0. The molecule has 1 aromatic carbocycles. The molecule has 0 unspecified atom stereocenters. The molecule has 0 atom stereocenters. The minimum absolute atomic E-state index is 0.133. The highest BCUT2D eigenvalue weighted by atomic mass is 16.6. The van der Waals surface area contributed by atoms with Crippen LogP contribution in [-0.4, -0.2) is 46.6 Å². The van der Waals surface area contributed by atoms with Crippen LogP contribution in [0.4, 0.5) is 4.79 Å². The number of nitrogens with zero attached hydrogens (tertiary/aromatic N) is 2. The summed E-state index contributed by atoms with van der Waals surface area (Å²) < 4.78 is 4.84. The van der Waals surface area contributed by atoms with Crippen molar-refractivity contribution in [3.63, 3.8) is 0 Å². The number of hydrogen-bond acceptors (Lipinski definition) is 6. The van der Waals surface area contributed by atoms with Crippen molar-refractivity contribution in [2.24, 2.45) is 5.41 Å². The van der Waals surface area contributed by atoms with E-state index in [0.717, 1.165) is 7.05 Å². The van der Waals surface area contributed by atoms with Gasteiger partial charge in [0.1, 0.15) is 6.61 Å². The van der Waals surface area contributed by atoms with Crippen LogP contribution in [0, 0.1) is 5.41 Å². The van der Waals surface area contributed by atoms with Crippen molar-refractivity contribution in [2.45, 2.75) is 6.61 Å². The summed E-state index contributed by atoms with van der Waals surface area (Å²) in [4.78, 5) is 59.7. The lowest BCUT2D eigenvalue weighted by Crippen LogP contribution is -2.84. The number of benzene rings is 1. The third kappa shape index (κ3) is 1.49. The first-order valence-electron chi connectivity index (χ1n) is 6.34. The lowest BCUT2D eigenvalue weighted by molar-refractivity contribution is -0.196. The number of β-lactam (4-membered cyclic amide) rings is 4. The van der Waals surface area contributed by atoms with E-state index < -0.39 is 35.1 Å². The number of carbonyl (C=O) groups is 5. The summed E-state index contributed by atoms with van der Waals surface area (Å²) in [7, 11) is 1.16. The van der Waals surface area contributed by atoms with E-state index in [2.05, 4.69) is 0 Å². The fourth-order valence-electron chi connectivity index (χ4n) is 2.42. The Bertz CT molecular complexity index is 692. The first kappa shape index (κ1) is 13.9. The van der Waals surface area contributed by atoms with Gasteiger partial charge in [-0.05, 0) is 5.56 Å². The standard InChI is InChI=1S/C14H10N2O6/c1-15-9(17)14(10(15)18)11(19)16(12(14)20)13(21)22-7-8-5-3-2-4-6-8/h2-6H,7H2,1H3. The number of rotatable bonds is 2. The zero-order valence-electron chi connectivity index (χ0n) is 11.4. The molecule has 0 N–H and O–H groups in total. The average Bonchev–Trinajstić information content (AvgIpc) is 2.54. The maximum absolute atomic E-state index is 11.9. The molecule has 1 spiro atoms. The Labute approximate surface area is 124 Å². The van der Waals surface area contributed by atoms with Gasteiger partial charge >= 0.3 is 6.09 Å². The van der Waals surface area contributed by atoms with Crippen LogP contribution in [0.1, 0.15) is 5.56 Å². The van der Waals surface area contributed by atoms with E-state index in [1.165, 1.54) is 0 Å². The van der Waals surface area contributed by atoms with E-state index in [1.54, 1.807) is 30.3 Å². The van der Waals surface area contributed by atoms with Crippen LogP contribution in [0.15, 0.2) is 30.3 Å². The van der Waals surface area contributed by atoms with E-state index in [4.69, 9.17) is 4.74 Å². The van der Waals surface area contributed by atoms with Crippen LogP contribution < -0.4 is 0 Å². The Hall–Kier alpha value is -3.03. The van der Waals surface area contributed by atoms with Crippen molar-refractivity contribution in [1.82, 2.24) is 9.80 Å². The van der Waals surface area contributed by atoms with Gasteiger partial charge in [-0.25, -0.2) is 4.79 Å². The molecular weight excluding hydrogens is 292 g/mol. The van der Waals surface area contributed by atoms with Gasteiger partial charge in [0.05, 0.1) is 0 Å². The predicted octanol–water partition coefficient (Wildman–Crippen LogP) is -0.323. The molecule has 3 rings (SSSR count). The van der Waals surface area contributed by atoms with Gasteiger partial charge in [0.15, 0.2) is 0 Å². The Morgan fingerprint density at radius 2 is 1.55 bits per heavy atom. The molecule has 0 aromatic heterocycles. The van der Waals surface area contributed by atoms with Gasteiger partial charge in [0.2, 0.25) is 0 Å². The summed E-state index contributed by atoms with van der Waals surface area (Å²) in [6.07, 6.45) is -1.19. The maximum atomic E-state index is 11.9. The molecule has 2 heterocycles. The molecular formula is C14H10N2O6. The SMILES string of the molecule is CN1C(=O)C2(C1=O)C(=O)N(C(=O)OCc1ccccc1)C2=O. The molecule has 8 nitrogen and oxygen atoms in total. The van der Waals surface area contributed by atoms with Crippen molar-refractivity contribution < 1.29 is 28.7 Å². The molecule has 2 aliphatic heterocycles. The first-order chi connectivity index (χ1) is 10.4. The smallest absolute Gasteiger partial charge is 0.423 e. The third-order valence-corrected chi connectivity index (χ3v) is 3.69. The Morgan fingerprint density at radius 3 is 2.09 bits per heavy atom.